The summed E-state index contributed by atoms with van der Waals surface area (Å²) in [5, 5.41) is 21.7. The highest BCUT2D eigenvalue weighted by molar-refractivity contribution is 9.10. The maximum absolute atomic E-state index is 13.9. The summed E-state index contributed by atoms with van der Waals surface area (Å²) >= 11 is 3.31. The molecule has 2 heterocycles. The van der Waals surface area contributed by atoms with Gasteiger partial charge in [0, 0.05) is 36.1 Å². The van der Waals surface area contributed by atoms with Gasteiger partial charge in [0.15, 0.2) is 9.84 Å². The van der Waals surface area contributed by atoms with E-state index in [9.17, 15) is 23.1 Å². The minimum atomic E-state index is -3.77. The molecule has 1 aromatic heterocycles. The van der Waals surface area contributed by atoms with Gasteiger partial charge in [-0.25, -0.2) is 13.1 Å². The summed E-state index contributed by atoms with van der Waals surface area (Å²) in [4.78, 5) is 28.7. The van der Waals surface area contributed by atoms with Crippen molar-refractivity contribution in [1.82, 2.24) is 25.2 Å². The van der Waals surface area contributed by atoms with Crippen LogP contribution in [0.25, 0.3) is 0 Å². The fraction of sp³-hybridized carbons (Fsp3) is 0.615. The standard InChI is InChI=1S/C26H36BrN5O5S/c1-25(2,3)22(32-14-20(29-30-32)16-6-7-16)24(35)31-13-18(33)12-21(31)23(34)28-15-26(4,5)38(36,37)19-10-8-17(27)9-11-19/h8-11,14,16,18,21-22,33H,6-7,12-13,15H2,1-5H3,(H,28,34)/t18-,21+,22-/m1/s1. The average molecular weight is 611 g/mol. The molecule has 208 valence electrons. The lowest BCUT2D eigenvalue weighted by atomic mass is 9.85. The molecule has 0 unspecified atom stereocenters. The zero-order valence-corrected chi connectivity index (χ0v) is 24.8. The van der Waals surface area contributed by atoms with Crippen LogP contribution in [0, 0.1) is 5.41 Å². The number of carbonyl (C=O) groups is 2. The van der Waals surface area contributed by atoms with Gasteiger partial charge in [-0.2, -0.15) is 0 Å². The van der Waals surface area contributed by atoms with Crippen LogP contribution in [-0.4, -0.2) is 75.2 Å². The number of nitrogens with one attached hydrogen (secondary N) is 1. The van der Waals surface area contributed by atoms with Crippen molar-refractivity contribution in [2.45, 2.75) is 87.6 Å². The second-order valence-electron chi connectivity index (χ2n) is 12.0. The number of carbonyl (C=O) groups excluding carboxylic acids is 2. The summed E-state index contributed by atoms with van der Waals surface area (Å²) < 4.78 is 27.5. The molecule has 0 radical (unpaired) electrons. The number of hydrogen-bond donors (Lipinski definition) is 2. The Morgan fingerprint density at radius 1 is 1.16 bits per heavy atom. The molecule has 10 nitrogen and oxygen atoms in total. The van der Waals surface area contributed by atoms with Gasteiger partial charge < -0.3 is 15.3 Å². The SMILES string of the molecule is CC(C)(C)[C@@H](C(=O)N1C[C@H](O)C[C@H]1C(=O)NCC(C)(C)S(=O)(=O)c1ccc(Br)cc1)n1cc(C2CC2)nn1. The summed E-state index contributed by atoms with van der Waals surface area (Å²) in [7, 11) is -3.77. The number of benzene rings is 1. The first-order valence-electron chi connectivity index (χ1n) is 12.8. The predicted molar refractivity (Wildman–Crippen MR) is 145 cm³/mol. The molecule has 38 heavy (non-hydrogen) atoms. The van der Waals surface area contributed by atoms with Crippen molar-refractivity contribution in [2.24, 2.45) is 5.41 Å². The van der Waals surface area contributed by atoms with Gasteiger partial charge in [-0.05, 0) is 56.4 Å². The largest absolute Gasteiger partial charge is 0.391 e. The molecule has 0 spiro atoms. The second kappa shape index (κ2) is 10.3. The molecule has 2 fully saturated rings. The van der Waals surface area contributed by atoms with Crippen LogP contribution in [0.15, 0.2) is 39.8 Å². The third-order valence-electron chi connectivity index (χ3n) is 7.25. The van der Waals surface area contributed by atoms with E-state index in [0.29, 0.717) is 5.92 Å². The lowest BCUT2D eigenvalue weighted by Gasteiger charge is -2.35. The van der Waals surface area contributed by atoms with E-state index in [1.807, 2.05) is 27.0 Å². The minimum Gasteiger partial charge on any atom is -0.391 e. The molecule has 1 aromatic carbocycles. The van der Waals surface area contributed by atoms with Crippen LogP contribution in [0.5, 0.6) is 0 Å². The quantitative estimate of drug-likeness (QED) is 0.470. The Morgan fingerprint density at radius 3 is 2.37 bits per heavy atom. The highest BCUT2D eigenvalue weighted by Gasteiger charge is 2.46. The Hall–Kier alpha value is -2.31. The van der Waals surface area contributed by atoms with E-state index in [1.54, 1.807) is 30.7 Å². The summed E-state index contributed by atoms with van der Waals surface area (Å²) in [5.74, 6) is -0.453. The molecule has 1 aliphatic heterocycles. The molecule has 12 heteroatoms. The molecule has 1 aliphatic carbocycles. The number of aliphatic hydroxyl groups excluding tert-OH is 1. The molecule has 1 saturated heterocycles. The van der Waals surface area contributed by atoms with Gasteiger partial charge in [0.1, 0.15) is 12.1 Å². The van der Waals surface area contributed by atoms with Crippen molar-refractivity contribution in [2.75, 3.05) is 13.1 Å². The first-order chi connectivity index (χ1) is 17.6. The fourth-order valence-corrected chi connectivity index (χ4v) is 6.43. The van der Waals surface area contributed by atoms with Crippen LogP contribution in [0.3, 0.4) is 0 Å². The lowest BCUT2D eigenvalue weighted by Crippen LogP contribution is -2.53. The molecule has 1 saturated carbocycles. The van der Waals surface area contributed by atoms with Crippen LogP contribution in [0.4, 0.5) is 0 Å². The van der Waals surface area contributed by atoms with Crippen molar-refractivity contribution in [3.63, 3.8) is 0 Å². The lowest BCUT2D eigenvalue weighted by molar-refractivity contribution is -0.144. The zero-order chi connectivity index (χ0) is 28.0. The number of halogens is 1. The number of hydrogen-bond acceptors (Lipinski definition) is 7. The van der Waals surface area contributed by atoms with Crippen LogP contribution < -0.4 is 5.32 Å². The molecular formula is C26H36BrN5O5S. The Kier molecular flexibility index (Phi) is 7.81. The van der Waals surface area contributed by atoms with E-state index in [0.717, 1.165) is 23.0 Å². The van der Waals surface area contributed by atoms with Crippen molar-refractivity contribution in [1.29, 1.82) is 0 Å². The second-order valence-corrected chi connectivity index (χ2v) is 15.5. The molecular weight excluding hydrogens is 574 g/mol. The molecule has 4 rings (SSSR count). The normalized spacial score (nSPS) is 21.4. The maximum atomic E-state index is 13.9. The summed E-state index contributed by atoms with van der Waals surface area (Å²) in [6, 6.07) is 4.68. The van der Waals surface area contributed by atoms with E-state index in [-0.39, 0.29) is 30.3 Å². The molecule has 2 aromatic rings. The van der Waals surface area contributed by atoms with Crippen molar-refractivity contribution >= 4 is 37.6 Å². The van der Waals surface area contributed by atoms with Gasteiger partial charge in [-0.1, -0.05) is 41.9 Å². The molecule has 2 aliphatic rings. The number of likely N-dealkylation sites (tertiary alicyclic amines) is 1. The zero-order valence-electron chi connectivity index (χ0n) is 22.4. The summed E-state index contributed by atoms with van der Waals surface area (Å²) in [6.07, 6.45) is 3.12. The number of amides is 2. The van der Waals surface area contributed by atoms with Crippen LogP contribution in [0.2, 0.25) is 0 Å². The average Bonchev–Trinajstić information content (AvgIpc) is 3.44. The number of aromatic nitrogens is 3. The van der Waals surface area contributed by atoms with Crippen LogP contribution >= 0.6 is 15.9 Å². The topological polar surface area (TPSA) is 134 Å². The summed E-state index contributed by atoms with van der Waals surface area (Å²) in [5.41, 5.74) is 0.318. The van der Waals surface area contributed by atoms with Gasteiger partial charge in [-0.3, -0.25) is 9.59 Å². The number of β-amino-alcohol motifs (C(OH)–C–C–N with tert-alkyl or cyclic N) is 1. The van der Waals surface area contributed by atoms with Gasteiger partial charge in [0.25, 0.3) is 0 Å². The number of nitrogens with zero attached hydrogens (tertiary/aromatic N) is 4. The highest BCUT2D eigenvalue weighted by Crippen LogP contribution is 2.40. The van der Waals surface area contributed by atoms with Crippen LogP contribution in [-0.2, 0) is 19.4 Å². The van der Waals surface area contributed by atoms with E-state index in [2.05, 4.69) is 31.6 Å². The molecule has 3 atom stereocenters. The van der Waals surface area contributed by atoms with E-state index >= 15 is 0 Å². The van der Waals surface area contributed by atoms with Gasteiger partial charge in [-0.15, -0.1) is 5.10 Å². The van der Waals surface area contributed by atoms with Crippen molar-refractivity contribution in [3.8, 4) is 0 Å². The Labute approximate surface area is 232 Å². The summed E-state index contributed by atoms with van der Waals surface area (Å²) in [6.45, 7) is 8.72. The van der Waals surface area contributed by atoms with Gasteiger partial charge in [0.05, 0.1) is 21.4 Å². The van der Waals surface area contributed by atoms with Gasteiger partial charge in [0.2, 0.25) is 11.8 Å². The first-order valence-corrected chi connectivity index (χ1v) is 15.1. The Morgan fingerprint density at radius 2 is 1.79 bits per heavy atom. The predicted octanol–water partition coefficient (Wildman–Crippen LogP) is 2.84. The maximum Gasteiger partial charge on any atom is 0.248 e. The van der Waals surface area contributed by atoms with Gasteiger partial charge >= 0.3 is 0 Å². The monoisotopic (exact) mass is 609 g/mol. The third kappa shape index (κ3) is 5.81. The van der Waals surface area contributed by atoms with E-state index in [4.69, 9.17) is 0 Å². The fourth-order valence-electron chi connectivity index (χ4n) is 4.77. The highest BCUT2D eigenvalue weighted by atomic mass is 79.9. The van der Waals surface area contributed by atoms with E-state index < -0.39 is 44.1 Å². The Balaban J connectivity index is 1.51. The van der Waals surface area contributed by atoms with E-state index in [1.165, 1.54) is 17.0 Å². The van der Waals surface area contributed by atoms with Crippen molar-refractivity contribution in [3.05, 3.63) is 40.6 Å². The smallest absolute Gasteiger partial charge is 0.248 e. The molecule has 2 N–H and O–H groups in total. The molecule has 2 amide bonds. The third-order valence-corrected chi connectivity index (χ3v) is 10.3. The number of rotatable bonds is 8. The van der Waals surface area contributed by atoms with Crippen LogP contribution in [0.1, 0.15) is 71.5 Å². The number of sulfone groups is 1. The molecule has 0 bridgehead atoms. The number of aliphatic hydroxyl groups is 1. The minimum absolute atomic E-state index is 0.00820. The van der Waals surface area contributed by atoms with Crippen molar-refractivity contribution < 1.29 is 23.1 Å². The Bertz CT molecular complexity index is 1300. The first kappa shape index (κ1) is 28.7.